The molecule has 0 radical (unpaired) electrons. The van der Waals surface area contributed by atoms with E-state index in [9.17, 15) is 8.42 Å². The Kier molecular flexibility index (Phi) is 5.79. The Bertz CT molecular complexity index is 1050. The van der Waals surface area contributed by atoms with Crippen LogP contribution in [0.2, 0.25) is 0 Å². The summed E-state index contributed by atoms with van der Waals surface area (Å²) >= 11 is 0. The number of rotatable bonds is 7. The highest BCUT2D eigenvalue weighted by Crippen LogP contribution is 2.23. The van der Waals surface area contributed by atoms with Crippen molar-refractivity contribution in [1.29, 1.82) is 0 Å². The first-order chi connectivity index (χ1) is 13.4. The number of hydrogen-bond donors (Lipinski definition) is 2. The van der Waals surface area contributed by atoms with Crippen molar-refractivity contribution in [2.45, 2.75) is 11.8 Å². The van der Waals surface area contributed by atoms with Gasteiger partial charge in [-0.2, -0.15) is 0 Å². The largest absolute Gasteiger partial charge is 0.378 e. The number of hydrogen-bond acceptors (Lipinski definition) is 7. The van der Waals surface area contributed by atoms with Crippen molar-refractivity contribution in [3.05, 3.63) is 60.9 Å². The quantitative estimate of drug-likeness (QED) is 0.626. The summed E-state index contributed by atoms with van der Waals surface area (Å²) in [6.07, 6.45) is 1.45. The van der Waals surface area contributed by atoms with Crippen LogP contribution < -0.4 is 15.5 Å². The van der Waals surface area contributed by atoms with E-state index in [1.54, 1.807) is 37.3 Å². The molecule has 2 aromatic carbocycles. The molecule has 0 unspecified atom stereocenters. The molecule has 1 heterocycles. The second-order valence-electron chi connectivity index (χ2n) is 6.41. The highest BCUT2D eigenvalue weighted by Gasteiger charge is 2.12. The molecule has 28 heavy (non-hydrogen) atoms. The van der Waals surface area contributed by atoms with Gasteiger partial charge in [0.2, 0.25) is 0 Å². The Hall–Kier alpha value is -3.13. The Labute approximate surface area is 165 Å². The zero-order valence-electron chi connectivity index (χ0n) is 16.0. The number of anilines is 5. The summed E-state index contributed by atoms with van der Waals surface area (Å²) in [4.78, 5) is 10.8. The molecule has 0 aliphatic rings. The predicted octanol–water partition coefficient (Wildman–Crippen LogP) is 3.82. The second kappa shape index (κ2) is 8.26. The van der Waals surface area contributed by atoms with Crippen LogP contribution in [0.3, 0.4) is 0 Å². The molecule has 0 saturated heterocycles. The van der Waals surface area contributed by atoms with Gasteiger partial charge in [0.05, 0.1) is 10.6 Å². The summed E-state index contributed by atoms with van der Waals surface area (Å²) < 4.78 is 24.1. The average molecular weight is 398 g/mol. The lowest BCUT2D eigenvalue weighted by molar-refractivity contribution is 0.597. The standard InChI is InChI=1S/C20H23N5O2S/c1-4-28(26,27)18-7-5-6-16(12-18)24-20-13-19(21-14-22-20)23-15-8-10-17(11-9-15)25(2)3/h5-14H,4H2,1-3H3,(H2,21,22,23,24). The topological polar surface area (TPSA) is 87.2 Å². The number of nitrogens with zero attached hydrogens (tertiary/aromatic N) is 3. The molecular weight excluding hydrogens is 374 g/mol. The van der Waals surface area contributed by atoms with E-state index in [-0.39, 0.29) is 10.6 Å². The summed E-state index contributed by atoms with van der Waals surface area (Å²) in [7, 11) is 0.723. The van der Waals surface area contributed by atoms with Gasteiger partial charge < -0.3 is 15.5 Å². The zero-order chi connectivity index (χ0) is 20.1. The normalized spacial score (nSPS) is 11.1. The van der Waals surface area contributed by atoms with Crippen LogP contribution in [0.25, 0.3) is 0 Å². The molecule has 2 N–H and O–H groups in total. The Morgan fingerprint density at radius 2 is 1.54 bits per heavy atom. The molecule has 1 aromatic heterocycles. The van der Waals surface area contributed by atoms with E-state index in [1.807, 2.05) is 43.3 Å². The van der Waals surface area contributed by atoms with Crippen LogP contribution in [-0.2, 0) is 9.84 Å². The molecular formula is C20H23N5O2S. The van der Waals surface area contributed by atoms with Gasteiger partial charge in [0.15, 0.2) is 9.84 Å². The van der Waals surface area contributed by atoms with E-state index in [0.29, 0.717) is 17.3 Å². The molecule has 8 heteroatoms. The number of sulfone groups is 1. The summed E-state index contributed by atoms with van der Waals surface area (Å²) in [5, 5.41) is 6.36. The van der Waals surface area contributed by atoms with Crippen molar-refractivity contribution in [3.8, 4) is 0 Å². The van der Waals surface area contributed by atoms with E-state index in [4.69, 9.17) is 0 Å². The Morgan fingerprint density at radius 1 is 0.893 bits per heavy atom. The van der Waals surface area contributed by atoms with Crippen molar-refractivity contribution >= 4 is 38.5 Å². The van der Waals surface area contributed by atoms with E-state index >= 15 is 0 Å². The highest BCUT2D eigenvalue weighted by atomic mass is 32.2. The van der Waals surface area contributed by atoms with Crippen LogP contribution in [0.1, 0.15) is 6.92 Å². The van der Waals surface area contributed by atoms with Crippen molar-refractivity contribution in [3.63, 3.8) is 0 Å². The van der Waals surface area contributed by atoms with Crippen molar-refractivity contribution < 1.29 is 8.42 Å². The lowest BCUT2D eigenvalue weighted by atomic mass is 10.2. The van der Waals surface area contributed by atoms with Crippen LogP contribution in [0.15, 0.2) is 65.8 Å². The molecule has 0 spiro atoms. The van der Waals surface area contributed by atoms with E-state index in [0.717, 1.165) is 11.4 Å². The molecule has 0 atom stereocenters. The summed E-state index contributed by atoms with van der Waals surface area (Å²) in [6.45, 7) is 1.63. The van der Waals surface area contributed by atoms with E-state index < -0.39 is 9.84 Å². The van der Waals surface area contributed by atoms with Crippen LogP contribution in [0.4, 0.5) is 28.7 Å². The van der Waals surface area contributed by atoms with Crippen molar-refractivity contribution in [2.24, 2.45) is 0 Å². The monoisotopic (exact) mass is 397 g/mol. The highest BCUT2D eigenvalue weighted by molar-refractivity contribution is 7.91. The van der Waals surface area contributed by atoms with Gasteiger partial charge in [-0.1, -0.05) is 13.0 Å². The second-order valence-corrected chi connectivity index (χ2v) is 8.69. The van der Waals surface area contributed by atoms with Gasteiger partial charge in [0, 0.05) is 37.2 Å². The van der Waals surface area contributed by atoms with Crippen LogP contribution in [0.5, 0.6) is 0 Å². The van der Waals surface area contributed by atoms with Crippen LogP contribution in [0, 0.1) is 0 Å². The lowest BCUT2D eigenvalue weighted by Gasteiger charge is -2.13. The first-order valence-electron chi connectivity index (χ1n) is 8.83. The number of benzene rings is 2. The zero-order valence-corrected chi connectivity index (χ0v) is 16.9. The van der Waals surface area contributed by atoms with Gasteiger partial charge >= 0.3 is 0 Å². The minimum Gasteiger partial charge on any atom is -0.378 e. The van der Waals surface area contributed by atoms with E-state index in [2.05, 4.69) is 20.6 Å². The fourth-order valence-corrected chi connectivity index (χ4v) is 3.49. The first-order valence-corrected chi connectivity index (χ1v) is 10.5. The van der Waals surface area contributed by atoms with Crippen LogP contribution >= 0.6 is 0 Å². The molecule has 3 aromatic rings. The lowest BCUT2D eigenvalue weighted by Crippen LogP contribution is -2.08. The maximum absolute atomic E-state index is 12.1. The van der Waals surface area contributed by atoms with Gasteiger partial charge in [-0.25, -0.2) is 18.4 Å². The summed E-state index contributed by atoms with van der Waals surface area (Å²) in [6, 6.07) is 16.4. The molecule has 0 saturated carbocycles. The maximum atomic E-state index is 12.1. The molecule has 7 nitrogen and oxygen atoms in total. The SMILES string of the molecule is CCS(=O)(=O)c1cccc(Nc2cc(Nc3ccc(N(C)C)cc3)ncn2)c1. The van der Waals surface area contributed by atoms with Crippen LogP contribution in [-0.4, -0.2) is 38.2 Å². The third-order valence-corrected chi connectivity index (χ3v) is 5.90. The van der Waals surface area contributed by atoms with Gasteiger partial charge in [0.25, 0.3) is 0 Å². The summed E-state index contributed by atoms with van der Waals surface area (Å²) in [5.41, 5.74) is 2.67. The van der Waals surface area contributed by atoms with Gasteiger partial charge in [-0.05, 0) is 42.5 Å². The van der Waals surface area contributed by atoms with Gasteiger partial charge in [0.1, 0.15) is 18.0 Å². The number of aromatic nitrogens is 2. The van der Waals surface area contributed by atoms with Crippen molar-refractivity contribution in [2.75, 3.05) is 35.4 Å². The Morgan fingerprint density at radius 3 is 2.14 bits per heavy atom. The molecule has 0 fully saturated rings. The minimum atomic E-state index is -3.26. The third kappa shape index (κ3) is 4.77. The molecule has 0 aliphatic carbocycles. The fourth-order valence-electron chi connectivity index (χ4n) is 2.57. The summed E-state index contributed by atoms with van der Waals surface area (Å²) in [5.74, 6) is 1.26. The maximum Gasteiger partial charge on any atom is 0.178 e. The average Bonchev–Trinajstić information content (AvgIpc) is 2.69. The fraction of sp³-hybridized carbons (Fsp3) is 0.200. The van der Waals surface area contributed by atoms with E-state index in [1.165, 1.54) is 6.33 Å². The predicted molar refractivity (Wildman–Crippen MR) is 114 cm³/mol. The van der Waals surface area contributed by atoms with Gasteiger partial charge in [-0.15, -0.1) is 0 Å². The smallest absolute Gasteiger partial charge is 0.178 e. The number of nitrogens with one attached hydrogen (secondary N) is 2. The molecule has 0 amide bonds. The molecule has 0 aliphatic heterocycles. The van der Waals surface area contributed by atoms with Gasteiger partial charge in [-0.3, -0.25) is 0 Å². The molecule has 0 bridgehead atoms. The molecule has 3 rings (SSSR count). The Balaban J connectivity index is 1.76. The first kappa shape index (κ1) is 19.6. The molecule has 146 valence electrons. The van der Waals surface area contributed by atoms with Crippen molar-refractivity contribution in [1.82, 2.24) is 9.97 Å². The third-order valence-electron chi connectivity index (χ3n) is 4.17. The minimum absolute atomic E-state index is 0.0602.